The van der Waals surface area contributed by atoms with Gasteiger partial charge in [0.25, 0.3) is 5.54 Å². The summed E-state index contributed by atoms with van der Waals surface area (Å²) < 4.78 is 11.6. The molecular weight excluding hydrogens is 390 g/mol. The standard InChI is InChI=1S/C25H29N3O3/c1-24(2,3)31-23(29)28-14-8-11-20-21(28)12-13-22(27-20)25(26-4)15-19(16-25)30-17-18-9-6-5-7-10-18/h5-7,9-10,12-13,19H,8,11,14-17H2,1-3H3. The Morgan fingerprint density at radius 1 is 1.23 bits per heavy atom. The summed E-state index contributed by atoms with van der Waals surface area (Å²) in [6.07, 6.45) is 2.63. The first-order valence-corrected chi connectivity index (χ1v) is 10.8. The molecule has 6 nitrogen and oxygen atoms in total. The van der Waals surface area contributed by atoms with E-state index in [2.05, 4.69) is 4.85 Å². The van der Waals surface area contributed by atoms with Crippen molar-refractivity contribution in [3.63, 3.8) is 0 Å². The Morgan fingerprint density at radius 3 is 2.65 bits per heavy atom. The second-order valence-electron chi connectivity index (χ2n) is 9.37. The first kappa shape index (κ1) is 21.3. The van der Waals surface area contributed by atoms with Gasteiger partial charge in [-0.25, -0.2) is 16.4 Å². The number of carbonyl (C=O) groups is 1. The number of ether oxygens (including phenoxy) is 2. The summed E-state index contributed by atoms with van der Waals surface area (Å²) in [7, 11) is 0. The summed E-state index contributed by atoms with van der Waals surface area (Å²) in [6, 6.07) is 13.9. The van der Waals surface area contributed by atoms with Crippen LogP contribution in [0.2, 0.25) is 0 Å². The van der Waals surface area contributed by atoms with Gasteiger partial charge in [-0.1, -0.05) is 30.3 Å². The third-order valence-corrected chi connectivity index (χ3v) is 5.80. The zero-order chi connectivity index (χ0) is 22.1. The van der Waals surface area contributed by atoms with Gasteiger partial charge in [-0.15, -0.1) is 0 Å². The lowest BCUT2D eigenvalue weighted by Crippen LogP contribution is -2.45. The minimum Gasteiger partial charge on any atom is -0.443 e. The fraction of sp³-hybridized carbons (Fsp3) is 0.480. The minimum absolute atomic E-state index is 0.0606. The number of fused-ring (bicyclic) bond motifs is 1. The molecule has 0 N–H and O–H groups in total. The molecule has 1 aromatic heterocycles. The molecule has 1 aliphatic heterocycles. The van der Waals surface area contributed by atoms with Crippen LogP contribution in [0.25, 0.3) is 4.85 Å². The quantitative estimate of drug-likeness (QED) is 0.634. The Bertz CT molecular complexity index is 985. The second kappa shape index (κ2) is 8.32. The van der Waals surface area contributed by atoms with Gasteiger partial charge in [-0.3, -0.25) is 4.90 Å². The molecule has 0 unspecified atom stereocenters. The molecule has 2 heterocycles. The van der Waals surface area contributed by atoms with Gasteiger partial charge in [0.2, 0.25) is 0 Å². The van der Waals surface area contributed by atoms with Gasteiger partial charge >= 0.3 is 6.09 Å². The van der Waals surface area contributed by atoms with Gasteiger partial charge < -0.3 is 14.3 Å². The molecular formula is C25H29N3O3. The summed E-state index contributed by atoms with van der Waals surface area (Å²) in [5.41, 5.74) is 2.40. The van der Waals surface area contributed by atoms with Crippen LogP contribution in [0, 0.1) is 6.57 Å². The molecule has 0 atom stereocenters. The molecule has 2 aliphatic rings. The highest BCUT2D eigenvalue weighted by atomic mass is 16.6. The minimum atomic E-state index is -0.634. The van der Waals surface area contributed by atoms with Crippen LogP contribution in [0.5, 0.6) is 0 Å². The van der Waals surface area contributed by atoms with Crippen molar-refractivity contribution in [3.8, 4) is 0 Å². The van der Waals surface area contributed by atoms with Crippen LogP contribution in [0.15, 0.2) is 42.5 Å². The molecule has 6 heteroatoms. The molecule has 1 fully saturated rings. The maximum Gasteiger partial charge on any atom is 0.414 e. The molecule has 1 amide bonds. The lowest BCUT2D eigenvalue weighted by molar-refractivity contribution is -0.0431. The van der Waals surface area contributed by atoms with Gasteiger partial charge in [-0.05, 0) is 51.3 Å². The number of amides is 1. The number of nitrogens with zero attached hydrogens (tertiary/aromatic N) is 3. The number of aromatic nitrogens is 1. The number of hydrogen-bond acceptors (Lipinski definition) is 4. The average Bonchev–Trinajstić information content (AvgIpc) is 2.72. The Labute approximate surface area is 184 Å². The number of hydrogen-bond donors (Lipinski definition) is 0. The van der Waals surface area contributed by atoms with Crippen LogP contribution in [-0.2, 0) is 28.0 Å². The number of rotatable bonds is 4. The summed E-state index contributed by atoms with van der Waals surface area (Å²) in [5, 5.41) is 0. The van der Waals surface area contributed by atoms with Crippen LogP contribution in [0.1, 0.15) is 57.0 Å². The number of benzene rings is 1. The van der Waals surface area contributed by atoms with E-state index in [-0.39, 0.29) is 12.2 Å². The second-order valence-corrected chi connectivity index (χ2v) is 9.37. The molecule has 31 heavy (non-hydrogen) atoms. The van der Waals surface area contributed by atoms with Gasteiger partial charge in [0.1, 0.15) is 11.3 Å². The molecule has 0 saturated heterocycles. The van der Waals surface area contributed by atoms with Crippen molar-refractivity contribution in [3.05, 3.63) is 70.8 Å². The van der Waals surface area contributed by atoms with Crippen molar-refractivity contribution in [2.45, 2.75) is 70.3 Å². The molecule has 162 valence electrons. The predicted octanol–water partition coefficient (Wildman–Crippen LogP) is 5.26. The molecule has 1 aromatic carbocycles. The first-order valence-electron chi connectivity index (χ1n) is 10.8. The van der Waals surface area contributed by atoms with E-state index in [4.69, 9.17) is 21.0 Å². The Balaban J connectivity index is 1.45. The topological polar surface area (TPSA) is 56.0 Å². The number of carbonyl (C=O) groups excluding carboxylic acids is 1. The van der Waals surface area contributed by atoms with Gasteiger partial charge in [0.05, 0.1) is 36.9 Å². The van der Waals surface area contributed by atoms with E-state index in [9.17, 15) is 4.79 Å². The molecule has 2 aromatic rings. The highest BCUT2D eigenvalue weighted by Gasteiger charge is 2.54. The van der Waals surface area contributed by atoms with Crippen molar-refractivity contribution in [2.24, 2.45) is 0 Å². The van der Waals surface area contributed by atoms with Crippen LogP contribution in [0.4, 0.5) is 10.5 Å². The Morgan fingerprint density at radius 2 is 1.97 bits per heavy atom. The van der Waals surface area contributed by atoms with E-state index >= 15 is 0 Å². The Kier molecular flexibility index (Phi) is 5.72. The molecule has 0 bridgehead atoms. The van der Waals surface area contributed by atoms with Crippen LogP contribution in [-0.4, -0.2) is 29.3 Å². The van der Waals surface area contributed by atoms with E-state index in [1.807, 2.05) is 63.2 Å². The highest BCUT2D eigenvalue weighted by molar-refractivity contribution is 5.89. The molecule has 4 rings (SSSR count). The van der Waals surface area contributed by atoms with Gasteiger partial charge in [-0.2, -0.15) is 0 Å². The van der Waals surface area contributed by atoms with Crippen LogP contribution >= 0.6 is 0 Å². The Hall–Kier alpha value is -2.91. The van der Waals surface area contributed by atoms with E-state index < -0.39 is 11.1 Å². The van der Waals surface area contributed by atoms with E-state index in [1.165, 1.54) is 0 Å². The fourth-order valence-corrected chi connectivity index (χ4v) is 4.17. The number of anilines is 1. The van der Waals surface area contributed by atoms with E-state index in [0.717, 1.165) is 35.5 Å². The molecule has 0 spiro atoms. The summed E-state index contributed by atoms with van der Waals surface area (Å²) in [4.78, 5) is 23.1. The molecule has 1 saturated carbocycles. The summed E-state index contributed by atoms with van der Waals surface area (Å²) in [5.74, 6) is 0. The zero-order valence-corrected chi connectivity index (χ0v) is 18.4. The maximum absolute atomic E-state index is 12.6. The lowest BCUT2D eigenvalue weighted by atomic mass is 9.72. The summed E-state index contributed by atoms with van der Waals surface area (Å²) >= 11 is 0. The monoisotopic (exact) mass is 419 g/mol. The van der Waals surface area contributed by atoms with Crippen molar-refractivity contribution in [1.82, 2.24) is 4.98 Å². The predicted molar refractivity (Wildman–Crippen MR) is 119 cm³/mol. The van der Waals surface area contributed by atoms with Gasteiger partial charge in [0.15, 0.2) is 0 Å². The third kappa shape index (κ3) is 4.57. The van der Waals surface area contributed by atoms with Crippen molar-refractivity contribution >= 4 is 11.8 Å². The van der Waals surface area contributed by atoms with E-state index in [1.54, 1.807) is 4.90 Å². The van der Waals surface area contributed by atoms with Gasteiger partial charge in [0, 0.05) is 6.54 Å². The fourth-order valence-electron chi connectivity index (χ4n) is 4.17. The SMILES string of the molecule is [C-]#[N+]C1(c2ccc3c(n2)CCCN3C(=O)OC(C)(C)C)CC(OCc2ccccc2)C1. The zero-order valence-electron chi connectivity index (χ0n) is 18.4. The molecule has 0 radical (unpaired) electrons. The normalized spacial score (nSPS) is 22.8. The number of pyridine rings is 1. The maximum atomic E-state index is 12.6. The summed E-state index contributed by atoms with van der Waals surface area (Å²) in [6.45, 7) is 14.6. The third-order valence-electron chi connectivity index (χ3n) is 5.80. The molecule has 1 aliphatic carbocycles. The van der Waals surface area contributed by atoms with Crippen molar-refractivity contribution < 1.29 is 14.3 Å². The first-order chi connectivity index (χ1) is 14.8. The lowest BCUT2D eigenvalue weighted by Gasteiger charge is -2.38. The van der Waals surface area contributed by atoms with Crippen molar-refractivity contribution in [2.75, 3.05) is 11.4 Å². The highest BCUT2D eigenvalue weighted by Crippen LogP contribution is 2.47. The van der Waals surface area contributed by atoms with Crippen LogP contribution < -0.4 is 4.90 Å². The largest absolute Gasteiger partial charge is 0.443 e. The number of aryl methyl sites for hydroxylation is 1. The van der Waals surface area contributed by atoms with E-state index in [0.29, 0.717) is 26.0 Å². The average molecular weight is 420 g/mol. The van der Waals surface area contributed by atoms with Crippen LogP contribution in [0.3, 0.4) is 0 Å². The van der Waals surface area contributed by atoms with Crippen molar-refractivity contribution in [1.29, 1.82) is 0 Å². The smallest absolute Gasteiger partial charge is 0.414 e.